The number of aryl methyl sites for hydroxylation is 1. The zero-order valence-corrected chi connectivity index (χ0v) is 20.4. The number of nitrogens with zero attached hydrogens (tertiary/aromatic N) is 3. The first-order chi connectivity index (χ1) is 17.1. The van der Waals surface area contributed by atoms with Crippen molar-refractivity contribution in [2.75, 3.05) is 6.54 Å². The van der Waals surface area contributed by atoms with Gasteiger partial charge in [0.25, 0.3) is 11.8 Å². The maximum Gasteiger partial charge on any atom is 0.260 e. The van der Waals surface area contributed by atoms with E-state index in [1.54, 1.807) is 11.1 Å². The quantitative estimate of drug-likeness (QED) is 0.466. The molecule has 1 atom stereocenters. The summed E-state index contributed by atoms with van der Waals surface area (Å²) in [6, 6.07) is 19.2. The van der Waals surface area contributed by atoms with Gasteiger partial charge < -0.3 is 0 Å². The fourth-order valence-electron chi connectivity index (χ4n) is 5.56. The number of benzene rings is 2. The highest BCUT2D eigenvalue weighted by molar-refractivity contribution is 6.06. The third-order valence-corrected chi connectivity index (χ3v) is 7.42. The lowest BCUT2D eigenvalue weighted by Gasteiger charge is -2.41. The zero-order valence-electron chi connectivity index (χ0n) is 20.4. The summed E-state index contributed by atoms with van der Waals surface area (Å²) in [5.74, 6) is -0.273. The first kappa shape index (κ1) is 23.4. The van der Waals surface area contributed by atoms with Crippen molar-refractivity contribution in [2.24, 2.45) is 0 Å². The van der Waals surface area contributed by atoms with Crippen molar-refractivity contribution in [1.82, 2.24) is 14.8 Å². The largest absolute Gasteiger partial charge is 0.284 e. The van der Waals surface area contributed by atoms with Gasteiger partial charge in [0.15, 0.2) is 0 Å². The first-order valence-corrected chi connectivity index (χ1v) is 12.8. The van der Waals surface area contributed by atoms with Crippen LogP contribution in [0.3, 0.4) is 0 Å². The molecule has 1 unspecified atom stereocenters. The van der Waals surface area contributed by atoms with Crippen LogP contribution in [0.5, 0.6) is 0 Å². The minimum absolute atomic E-state index is 0.0561. The summed E-state index contributed by atoms with van der Waals surface area (Å²) >= 11 is 0. The van der Waals surface area contributed by atoms with Crippen LogP contribution in [-0.2, 0) is 17.8 Å². The lowest BCUT2D eigenvalue weighted by atomic mass is 9.89. The Morgan fingerprint density at radius 3 is 2.49 bits per heavy atom. The third kappa shape index (κ3) is 5.06. The van der Waals surface area contributed by atoms with E-state index in [0.717, 1.165) is 61.8 Å². The predicted molar refractivity (Wildman–Crippen MR) is 137 cm³/mol. The van der Waals surface area contributed by atoms with Crippen LogP contribution in [0.1, 0.15) is 70.8 Å². The van der Waals surface area contributed by atoms with Crippen LogP contribution in [0.2, 0.25) is 0 Å². The number of carbonyl (C=O) groups excluding carboxylic acids is 2. The van der Waals surface area contributed by atoms with Crippen molar-refractivity contribution < 1.29 is 9.59 Å². The molecule has 0 saturated heterocycles. The van der Waals surface area contributed by atoms with Gasteiger partial charge in [-0.25, -0.2) is 0 Å². The molecule has 2 aromatic carbocycles. The van der Waals surface area contributed by atoms with Gasteiger partial charge >= 0.3 is 0 Å². The van der Waals surface area contributed by atoms with Gasteiger partial charge in [0, 0.05) is 37.1 Å². The van der Waals surface area contributed by atoms with Crippen molar-refractivity contribution >= 4 is 11.8 Å². The standard InChI is InChI=1S/C30H33N3O2/c1-22-13-15-25(16-14-22)29(34)33(26-10-3-2-4-11-26)30(35)28-27-12-6-5-9-24(27)17-19-32(28)21-23-8-7-18-31-20-23/h5-9,12-16,18,20,26,28H,2-4,10-11,17,19,21H2,1H3. The van der Waals surface area contributed by atoms with E-state index in [1.165, 1.54) is 5.56 Å². The first-order valence-electron chi connectivity index (χ1n) is 12.8. The Morgan fingerprint density at radius 1 is 0.971 bits per heavy atom. The average Bonchev–Trinajstić information content (AvgIpc) is 2.90. The Kier molecular flexibility index (Phi) is 7.05. The van der Waals surface area contributed by atoms with Crippen LogP contribution in [0.25, 0.3) is 0 Å². The highest BCUT2D eigenvalue weighted by Gasteiger charge is 2.41. The molecule has 1 fully saturated rings. The van der Waals surface area contributed by atoms with E-state index in [1.807, 2.05) is 61.7 Å². The molecule has 1 saturated carbocycles. The van der Waals surface area contributed by atoms with Gasteiger partial charge in [-0.2, -0.15) is 0 Å². The van der Waals surface area contributed by atoms with E-state index in [4.69, 9.17) is 0 Å². The van der Waals surface area contributed by atoms with Gasteiger partial charge in [0.1, 0.15) is 6.04 Å². The minimum Gasteiger partial charge on any atom is -0.284 e. The van der Waals surface area contributed by atoms with Gasteiger partial charge in [0.2, 0.25) is 0 Å². The molecule has 0 spiro atoms. The van der Waals surface area contributed by atoms with Gasteiger partial charge in [-0.05, 0) is 61.1 Å². The minimum atomic E-state index is -0.489. The van der Waals surface area contributed by atoms with Crippen molar-refractivity contribution in [3.63, 3.8) is 0 Å². The van der Waals surface area contributed by atoms with Gasteiger partial charge in [-0.1, -0.05) is 67.3 Å². The summed E-state index contributed by atoms with van der Waals surface area (Å²) < 4.78 is 0. The average molecular weight is 468 g/mol. The van der Waals surface area contributed by atoms with E-state index in [9.17, 15) is 9.59 Å². The molecule has 5 nitrogen and oxygen atoms in total. The van der Waals surface area contributed by atoms with E-state index in [-0.39, 0.29) is 17.9 Å². The fraction of sp³-hybridized carbons (Fsp3) is 0.367. The van der Waals surface area contributed by atoms with E-state index < -0.39 is 6.04 Å². The number of fused-ring (bicyclic) bond motifs is 1. The second kappa shape index (κ2) is 10.5. The molecule has 180 valence electrons. The highest BCUT2D eigenvalue weighted by Crippen LogP contribution is 2.35. The lowest BCUT2D eigenvalue weighted by Crippen LogP contribution is -2.52. The maximum atomic E-state index is 14.5. The number of hydrogen-bond acceptors (Lipinski definition) is 4. The number of rotatable bonds is 5. The molecular weight excluding hydrogens is 434 g/mol. The molecule has 2 amide bonds. The smallest absolute Gasteiger partial charge is 0.260 e. The van der Waals surface area contributed by atoms with Crippen LogP contribution < -0.4 is 0 Å². The molecule has 2 heterocycles. The summed E-state index contributed by atoms with van der Waals surface area (Å²) in [5.41, 5.74) is 4.96. The molecular formula is C30H33N3O2. The molecule has 5 rings (SSSR count). The molecule has 35 heavy (non-hydrogen) atoms. The van der Waals surface area contributed by atoms with Crippen molar-refractivity contribution in [1.29, 1.82) is 0 Å². The monoisotopic (exact) mass is 467 g/mol. The Morgan fingerprint density at radius 2 is 1.74 bits per heavy atom. The zero-order chi connectivity index (χ0) is 24.2. The third-order valence-electron chi connectivity index (χ3n) is 7.42. The van der Waals surface area contributed by atoms with Crippen molar-refractivity contribution in [2.45, 2.75) is 64.1 Å². The molecule has 2 aliphatic rings. The van der Waals surface area contributed by atoms with Crippen LogP contribution in [0.15, 0.2) is 73.1 Å². The lowest BCUT2D eigenvalue weighted by molar-refractivity contribution is -0.137. The predicted octanol–water partition coefficient (Wildman–Crippen LogP) is 5.49. The molecule has 0 N–H and O–H groups in total. The van der Waals surface area contributed by atoms with Crippen molar-refractivity contribution in [3.05, 3.63) is 101 Å². The van der Waals surface area contributed by atoms with E-state index in [0.29, 0.717) is 12.1 Å². The van der Waals surface area contributed by atoms with Gasteiger partial charge in [-0.3, -0.25) is 24.4 Å². The van der Waals surface area contributed by atoms with Crippen LogP contribution in [0, 0.1) is 6.92 Å². The Labute approximate surface area is 207 Å². The van der Waals surface area contributed by atoms with Gasteiger partial charge in [0.05, 0.1) is 0 Å². The van der Waals surface area contributed by atoms with Crippen molar-refractivity contribution in [3.8, 4) is 0 Å². The maximum absolute atomic E-state index is 14.5. The Hall–Kier alpha value is -3.31. The van der Waals surface area contributed by atoms with E-state index >= 15 is 0 Å². The van der Waals surface area contributed by atoms with E-state index in [2.05, 4.69) is 22.0 Å². The number of hydrogen-bond donors (Lipinski definition) is 0. The second-order valence-electron chi connectivity index (χ2n) is 9.85. The molecule has 1 aliphatic heterocycles. The molecule has 1 aliphatic carbocycles. The molecule has 5 heteroatoms. The molecule has 0 radical (unpaired) electrons. The second-order valence-corrected chi connectivity index (χ2v) is 9.85. The number of amides is 2. The molecule has 1 aromatic heterocycles. The molecule has 0 bridgehead atoms. The highest BCUT2D eigenvalue weighted by atomic mass is 16.2. The Bertz CT molecular complexity index is 1170. The van der Waals surface area contributed by atoms with Gasteiger partial charge in [-0.15, -0.1) is 0 Å². The normalized spacial score (nSPS) is 18.6. The van der Waals surface area contributed by atoms with Crippen LogP contribution >= 0.6 is 0 Å². The Balaban J connectivity index is 1.54. The summed E-state index contributed by atoms with van der Waals surface area (Å²) in [5, 5.41) is 0. The number of aromatic nitrogens is 1. The number of carbonyl (C=O) groups is 2. The molecule has 3 aromatic rings. The summed E-state index contributed by atoms with van der Waals surface area (Å²) in [6.45, 7) is 3.39. The SMILES string of the molecule is Cc1ccc(C(=O)N(C(=O)C2c3ccccc3CCN2Cc2cccnc2)C2CCCCC2)cc1. The number of imide groups is 1. The summed E-state index contributed by atoms with van der Waals surface area (Å²) in [4.78, 5) is 36.5. The topological polar surface area (TPSA) is 53.5 Å². The van der Waals surface area contributed by atoms with Crippen LogP contribution in [0.4, 0.5) is 0 Å². The fourth-order valence-corrected chi connectivity index (χ4v) is 5.56. The number of pyridine rings is 1. The van der Waals surface area contributed by atoms with Crippen LogP contribution in [-0.4, -0.2) is 39.2 Å². The summed E-state index contributed by atoms with van der Waals surface area (Å²) in [6.07, 6.45) is 9.53. The summed E-state index contributed by atoms with van der Waals surface area (Å²) in [7, 11) is 0.